The molecule has 1 aliphatic heterocycles. The van der Waals surface area contributed by atoms with Crippen molar-refractivity contribution < 1.29 is 14.3 Å². The molecule has 1 saturated heterocycles. The molecule has 1 fully saturated rings. The number of nitrogens with one attached hydrogen (secondary N) is 1. The minimum absolute atomic E-state index is 0.0863. The number of methoxy groups -OCH3 is 1. The fourth-order valence-corrected chi connectivity index (χ4v) is 2.88. The summed E-state index contributed by atoms with van der Waals surface area (Å²) >= 11 is 0. The first-order chi connectivity index (χ1) is 11.5. The lowest BCUT2D eigenvalue weighted by atomic mass is 9.93. The van der Waals surface area contributed by atoms with Crippen molar-refractivity contribution >= 4 is 5.91 Å². The topological polar surface area (TPSA) is 80.3 Å². The number of hydrogen-bond donors (Lipinski definition) is 1. The zero-order valence-electron chi connectivity index (χ0n) is 14.2. The van der Waals surface area contributed by atoms with Crippen LogP contribution in [0.15, 0.2) is 30.3 Å². The number of aromatic amines is 1. The number of carbonyl (C=O) groups excluding carboxylic acids is 1. The molecule has 1 aromatic carbocycles. The molecule has 1 aliphatic rings. The minimum atomic E-state index is -1.03. The Hall–Kier alpha value is -2.25. The van der Waals surface area contributed by atoms with Gasteiger partial charge in [0.05, 0.1) is 13.2 Å². The van der Waals surface area contributed by atoms with Crippen LogP contribution in [0.5, 0.6) is 0 Å². The molecular weight excluding hydrogens is 308 g/mol. The molecule has 1 amide bonds. The Morgan fingerprint density at radius 2 is 2.17 bits per heavy atom. The van der Waals surface area contributed by atoms with E-state index in [4.69, 9.17) is 9.47 Å². The predicted molar refractivity (Wildman–Crippen MR) is 87.2 cm³/mol. The summed E-state index contributed by atoms with van der Waals surface area (Å²) in [5.74, 6) is 1.21. The summed E-state index contributed by atoms with van der Waals surface area (Å²) in [7, 11) is 1.56. The Kier molecular flexibility index (Phi) is 4.64. The van der Waals surface area contributed by atoms with Crippen LogP contribution >= 0.6 is 0 Å². The van der Waals surface area contributed by atoms with Gasteiger partial charge in [-0.25, -0.2) is 4.98 Å². The Bertz CT molecular complexity index is 703. The van der Waals surface area contributed by atoms with Crippen LogP contribution in [0.25, 0.3) is 0 Å². The molecule has 0 saturated carbocycles. The van der Waals surface area contributed by atoms with Crippen molar-refractivity contribution in [3.63, 3.8) is 0 Å². The number of benzene rings is 1. The molecule has 0 unspecified atom stereocenters. The monoisotopic (exact) mass is 330 g/mol. The van der Waals surface area contributed by atoms with Gasteiger partial charge in [0.2, 0.25) is 0 Å². The van der Waals surface area contributed by atoms with Crippen LogP contribution < -0.4 is 0 Å². The highest BCUT2D eigenvalue weighted by atomic mass is 16.5. The fraction of sp³-hybridized carbons (Fsp3) is 0.471. The van der Waals surface area contributed by atoms with Crippen LogP contribution in [0, 0.1) is 6.92 Å². The highest BCUT2D eigenvalue weighted by Gasteiger charge is 2.40. The molecule has 24 heavy (non-hydrogen) atoms. The maximum Gasteiger partial charge on any atom is 0.259 e. The lowest BCUT2D eigenvalue weighted by Gasteiger charge is -2.37. The second-order valence-corrected chi connectivity index (χ2v) is 5.99. The number of aromatic nitrogens is 3. The first-order valence-corrected chi connectivity index (χ1v) is 7.95. The normalized spacial score (nSPS) is 20.6. The number of carbonyl (C=O) groups is 1. The van der Waals surface area contributed by atoms with Gasteiger partial charge < -0.3 is 14.4 Å². The highest BCUT2D eigenvalue weighted by Crippen LogP contribution is 2.29. The Balaban J connectivity index is 1.80. The standard InChI is InChI=1S/C17H22N4O3/c1-12-18-15(20-19-12)14-11-21(9-10-24-14)16(22)17(2,23-3)13-7-5-4-6-8-13/h4-8,14H,9-11H2,1-3H3,(H,18,19,20)/t14-,17+/m1/s1. The summed E-state index contributed by atoms with van der Waals surface area (Å²) < 4.78 is 11.3. The van der Waals surface area contributed by atoms with E-state index in [1.807, 2.05) is 37.3 Å². The van der Waals surface area contributed by atoms with E-state index in [9.17, 15) is 4.79 Å². The lowest BCUT2D eigenvalue weighted by molar-refractivity contribution is -0.162. The van der Waals surface area contributed by atoms with Gasteiger partial charge >= 0.3 is 0 Å². The van der Waals surface area contributed by atoms with Gasteiger partial charge in [-0.3, -0.25) is 9.89 Å². The second-order valence-electron chi connectivity index (χ2n) is 5.99. The molecule has 2 heterocycles. The van der Waals surface area contributed by atoms with E-state index in [-0.39, 0.29) is 12.0 Å². The largest absolute Gasteiger partial charge is 0.366 e. The van der Waals surface area contributed by atoms with Crippen molar-refractivity contribution in [2.45, 2.75) is 25.6 Å². The second kappa shape index (κ2) is 6.70. The molecule has 0 aliphatic carbocycles. The molecule has 1 aromatic heterocycles. The van der Waals surface area contributed by atoms with Crippen LogP contribution in [-0.2, 0) is 19.9 Å². The summed E-state index contributed by atoms with van der Waals surface area (Å²) in [4.78, 5) is 19.2. The fourth-order valence-electron chi connectivity index (χ4n) is 2.88. The molecular formula is C17H22N4O3. The Morgan fingerprint density at radius 1 is 1.42 bits per heavy atom. The van der Waals surface area contributed by atoms with Crippen LogP contribution in [0.4, 0.5) is 0 Å². The number of nitrogens with zero attached hydrogens (tertiary/aromatic N) is 3. The van der Waals surface area contributed by atoms with Crippen LogP contribution in [0.2, 0.25) is 0 Å². The summed E-state index contributed by atoms with van der Waals surface area (Å²) in [5, 5.41) is 6.95. The first kappa shape index (κ1) is 16.6. The van der Waals surface area contributed by atoms with Gasteiger partial charge in [0.15, 0.2) is 11.4 Å². The average molecular weight is 330 g/mol. The van der Waals surface area contributed by atoms with Gasteiger partial charge in [-0.15, -0.1) is 0 Å². The Morgan fingerprint density at radius 3 is 2.79 bits per heavy atom. The molecule has 3 rings (SSSR count). The van der Waals surface area contributed by atoms with Crippen molar-refractivity contribution in [3.8, 4) is 0 Å². The summed E-state index contributed by atoms with van der Waals surface area (Å²) in [5.41, 5.74) is -0.202. The van der Waals surface area contributed by atoms with Crippen molar-refractivity contribution in [2.24, 2.45) is 0 Å². The zero-order valence-corrected chi connectivity index (χ0v) is 14.2. The predicted octanol–water partition coefficient (Wildman–Crippen LogP) is 1.57. The average Bonchev–Trinajstić information content (AvgIpc) is 3.07. The maximum absolute atomic E-state index is 13.1. The van der Waals surface area contributed by atoms with Crippen LogP contribution in [0.3, 0.4) is 0 Å². The molecule has 7 heteroatoms. The minimum Gasteiger partial charge on any atom is -0.366 e. The van der Waals surface area contributed by atoms with E-state index in [2.05, 4.69) is 15.2 Å². The molecule has 2 aromatic rings. The molecule has 0 bridgehead atoms. The van der Waals surface area contributed by atoms with Crippen molar-refractivity contribution in [3.05, 3.63) is 47.5 Å². The van der Waals surface area contributed by atoms with E-state index >= 15 is 0 Å². The SMILES string of the molecule is CO[C@](C)(C(=O)N1CCO[C@@H](c2n[nH]c(C)n2)C1)c1ccccc1. The number of ether oxygens (including phenoxy) is 2. The Labute approximate surface area is 141 Å². The first-order valence-electron chi connectivity index (χ1n) is 7.95. The number of rotatable bonds is 4. The van der Waals surface area contributed by atoms with E-state index in [0.29, 0.717) is 25.5 Å². The third kappa shape index (κ3) is 3.05. The zero-order chi connectivity index (χ0) is 17.2. The highest BCUT2D eigenvalue weighted by molar-refractivity contribution is 5.86. The van der Waals surface area contributed by atoms with Crippen molar-refractivity contribution in [1.82, 2.24) is 20.1 Å². The van der Waals surface area contributed by atoms with Gasteiger partial charge in [-0.05, 0) is 19.4 Å². The third-order valence-electron chi connectivity index (χ3n) is 4.40. The number of hydrogen-bond acceptors (Lipinski definition) is 5. The van der Waals surface area contributed by atoms with Crippen molar-refractivity contribution in [2.75, 3.05) is 26.8 Å². The van der Waals surface area contributed by atoms with Gasteiger partial charge in [0.1, 0.15) is 11.9 Å². The van der Waals surface area contributed by atoms with Gasteiger partial charge in [-0.1, -0.05) is 30.3 Å². The molecule has 0 radical (unpaired) electrons. The summed E-state index contributed by atoms with van der Waals surface area (Å²) in [6.07, 6.45) is -0.329. The maximum atomic E-state index is 13.1. The van der Waals surface area contributed by atoms with Gasteiger partial charge in [-0.2, -0.15) is 5.10 Å². The molecule has 0 spiro atoms. The van der Waals surface area contributed by atoms with Gasteiger partial charge in [0.25, 0.3) is 5.91 Å². The van der Waals surface area contributed by atoms with E-state index in [0.717, 1.165) is 11.4 Å². The van der Waals surface area contributed by atoms with Crippen LogP contribution in [-0.4, -0.2) is 52.8 Å². The van der Waals surface area contributed by atoms with Gasteiger partial charge in [0, 0.05) is 13.7 Å². The number of morpholine rings is 1. The third-order valence-corrected chi connectivity index (χ3v) is 4.40. The summed E-state index contributed by atoms with van der Waals surface area (Å²) in [6.45, 7) is 5.00. The molecule has 7 nitrogen and oxygen atoms in total. The van der Waals surface area contributed by atoms with Crippen LogP contribution in [0.1, 0.15) is 30.2 Å². The lowest BCUT2D eigenvalue weighted by Crippen LogP contribution is -2.51. The number of H-pyrrole nitrogens is 1. The van der Waals surface area contributed by atoms with E-state index in [1.54, 1.807) is 18.9 Å². The van der Waals surface area contributed by atoms with E-state index in [1.165, 1.54) is 0 Å². The van der Waals surface area contributed by atoms with E-state index < -0.39 is 5.60 Å². The molecule has 1 N–H and O–H groups in total. The summed E-state index contributed by atoms with van der Waals surface area (Å²) in [6, 6.07) is 9.52. The smallest absolute Gasteiger partial charge is 0.259 e. The number of amides is 1. The molecule has 2 atom stereocenters. The van der Waals surface area contributed by atoms with Crippen molar-refractivity contribution in [1.29, 1.82) is 0 Å². The number of aryl methyl sites for hydroxylation is 1. The molecule has 128 valence electrons. The quantitative estimate of drug-likeness (QED) is 0.920.